The first-order chi connectivity index (χ1) is 11.6. The second kappa shape index (κ2) is 5.56. The molecule has 0 bridgehead atoms. The molecule has 0 unspecified atom stereocenters. The molecule has 1 amide bonds. The van der Waals surface area contributed by atoms with E-state index in [1.165, 1.54) is 10.9 Å². The summed E-state index contributed by atoms with van der Waals surface area (Å²) in [5, 5.41) is 0.419. The van der Waals surface area contributed by atoms with Crippen LogP contribution in [0.25, 0.3) is 11.0 Å². The molecule has 2 aromatic heterocycles. The fraction of sp³-hybridized carbons (Fsp3) is 0.222. The fourth-order valence-electron chi connectivity index (χ4n) is 3.28. The van der Waals surface area contributed by atoms with Crippen LogP contribution in [-0.2, 0) is 17.8 Å². The maximum absolute atomic E-state index is 12.8. The molecule has 0 saturated heterocycles. The lowest BCUT2D eigenvalue weighted by molar-refractivity contribution is -0.119. The maximum atomic E-state index is 12.8. The Morgan fingerprint density at radius 1 is 1.21 bits per heavy atom. The summed E-state index contributed by atoms with van der Waals surface area (Å²) in [4.78, 5) is 35.3. The van der Waals surface area contributed by atoms with Gasteiger partial charge in [-0.15, -0.1) is 0 Å². The molecule has 1 aliphatic rings. The third-order valence-corrected chi connectivity index (χ3v) is 4.38. The van der Waals surface area contributed by atoms with Crippen LogP contribution in [0, 0.1) is 0 Å². The highest BCUT2D eigenvalue weighted by molar-refractivity contribution is 5.96. The number of amides is 1. The van der Waals surface area contributed by atoms with Crippen LogP contribution in [-0.4, -0.2) is 26.5 Å². The minimum atomic E-state index is -0.249. The van der Waals surface area contributed by atoms with E-state index in [0.29, 0.717) is 11.0 Å². The van der Waals surface area contributed by atoms with E-state index in [9.17, 15) is 9.59 Å². The second-order valence-corrected chi connectivity index (χ2v) is 6.00. The highest BCUT2D eigenvalue weighted by Crippen LogP contribution is 2.31. The van der Waals surface area contributed by atoms with Gasteiger partial charge >= 0.3 is 0 Å². The topological polar surface area (TPSA) is 68.1 Å². The Bertz CT molecular complexity index is 995. The lowest BCUT2D eigenvalue weighted by Gasteiger charge is -2.23. The first kappa shape index (κ1) is 14.6. The van der Waals surface area contributed by atoms with Crippen molar-refractivity contribution in [2.24, 2.45) is 0 Å². The van der Waals surface area contributed by atoms with Crippen LogP contribution in [0.2, 0.25) is 0 Å². The zero-order chi connectivity index (χ0) is 16.7. The van der Waals surface area contributed by atoms with Crippen LogP contribution in [0.5, 0.6) is 0 Å². The van der Waals surface area contributed by atoms with E-state index in [1.807, 2.05) is 31.2 Å². The van der Waals surface area contributed by atoms with Crippen LogP contribution in [0.15, 0.2) is 53.7 Å². The van der Waals surface area contributed by atoms with Gasteiger partial charge in [-0.3, -0.25) is 14.2 Å². The summed E-state index contributed by atoms with van der Waals surface area (Å²) < 4.78 is 1.35. The first-order valence-corrected chi connectivity index (χ1v) is 7.85. The number of pyridine rings is 1. The van der Waals surface area contributed by atoms with Crippen molar-refractivity contribution in [2.45, 2.75) is 25.9 Å². The van der Waals surface area contributed by atoms with Gasteiger partial charge in [-0.25, -0.2) is 9.97 Å². The van der Waals surface area contributed by atoms with E-state index >= 15 is 0 Å². The average Bonchev–Trinajstić information content (AvgIpc) is 2.93. The summed E-state index contributed by atoms with van der Waals surface area (Å²) in [6, 6.07) is 11.3. The number of carbonyl (C=O) groups excluding carboxylic acids is 1. The maximum Gasteiger partial charge on any atom is 0.263 e. The molecule has 1 atom stereocenters. The van der Waals surface area contributed by atoms with Gasteiger partial charge in [-0.2, -0.15) is 0 Å². The van der Waals surface area contributed by atoms with Gasteiger partial charge in [0.1, 0.15) is 12.9 Å². The van der Waals surface area contributed by atoms with E-state index in [-0.39, 0.29) is 24.1 Å². The smallest absolute Gasteiger partial charge is 0.263 e. The summed E-state index contributed by atoms with van der Waals surface area (Å²) in [6.45, 7) is 1.98. The highest BCUT2D eigenvalue weighted by atomic mass is 16.2. The highest BCUT2D eigenvalue weighted by Gasteiger charge is 2.30. The molecule has 0 fully saturated rings. The average molecular weight is 320 g/mol. The second-order valence-electron chi connectivity index (χ2n) is 6.00. The molecule has 6 nitrogen and oxygen atoms in total. The lowest BCUT2D eigenvalue weighted by atomic mass is 10.1. The monoisotopic (exact) mass is 320 g/mol. The van der Waals surface area contributed by atoms with Crippen molar-refractivity contribution in [1.29, 1.82) is 0 Å². The zero-order valence-corrected chi connectivity index (χ0v) is 13.2. The molecule has 3 aromatic rings. The Morgan fingerprint density at radius 2 is 2.04 bits per heavy atom. The van der Waals surface area contributed by atoms with Crippen LogP contribution in [0.3, 0.4) is 0 Å². The number of benzene rings is 1. The van der Waals surface area contributed by atoms with Gasteiger partial charge in [0.2, 0.25) is 5.91 Å². The number of aromatic nitrogens is 3. The van der Waals surface area contributed by atoms with Gasteiger partial charge in [0.25, 0.3) is 5.56 Å². The molecule has 0 spiro atoms. The molecule has 24 heavy (non-hydrogen) atoms. The van der Waals surface area contributed by atoms with Crippen molar-refractivity contribution in [3.05, 3.63) is 64.8 Å². The standard InChI is InChI=1S/C18H16N4O2/c1-12-9-13-5-2-3-7-15(13)22(12)16(23)10-21-11-20-17-14(18(21)24)6-4-8-19-17/h2-8,11-12H,9-10H2,1H3/t12-/m1/s1. The Morgan fingerprint density at radius 3 is 2.92 bits per heavy atom. The van der Waals surface area contributed by atoms with Gasteiger partial charge in [0.05, 0.1) is 5.39 Å². The number of anilines is 1. The third-order valence-electron chi connectivity index (χ3n) is 4.38. The van der Waals surface area contributed by atoms with Crippen molar-refractivity contribution in [3.8, 4) is 0 Å². The van der Waals surface area contributed by atoms with E-state index in [2.05, 4.69) is 9.97 Å². The molecule has 6 heteroatoms. The zero-order valence-electron chi connectivity index (χ0n) is 13.2. The quantitative estimate of drug-likeness (QED) is 0.722. The summed E-state index contributed by atoms with van der Waals surface area (Å²) in [6.07, 6.45) is 3.81. The van der Waals surface area contributed by atoms with Crippen LogP contribution < -0.4 is 10.5 Å². The van der Waals surface area contributed by atoms with Crippen LogP contribution >= 0.6 is 0 Å². The number of hydrogen-bond donors (Lipinski definition) is 0. The minimum Gasteiger partial charge on any atom is -0.307 e. The first-order valence-electron chi connectivity index (χ1n) is 7.85. The van der Waals surface area contributed by atoms with Crippen LogP contribution in [0.4, 0.5) is 5.69 Å². The SMILES string of the molecule is C[C@@H]1Cc2ccccc2N1C(=O)Cn1cnc2ncccc2c1=O. The van der Waals surface area contributed by atoms with Crippen molar-refractivity contribution < 1.29 is 4.79 Å². The van der Waals surface area contributed by atoms with E-state index in [0.717, 1.165) is 17.7 Å². The van der Waals surface area contributed by atoms with E-state index < -0.39 is 0 Å². The van der Waals surface area contributed by atoms with Gasteiger partial charge in [0, 0.05) is 17.9 Å². The molecule has 0 N–H and O–H groups in total. The Balaban J connectivity index is 1.68. The Labute approximate surface area is 138 Å². The molecule has 0 radical (unpaired) electrons. The molecule has 4 rings (SSSR count). The summed E-state index contributed by atoms with van der Waals surface area (Å²) in [5.41, 5.74) is 2.23. The number of hydrogen-bond acceptors (Lipinski definition) is 4. The number of carbonyl (C=O) groups is 1. The van der Waals surface area contributed by atoms with Crippen molar-refractivity contribution in [3.63, 3.8) is 0 Å². The van der Waals surface area contributed by atoms with Crippen molar-refractivity contribution in [1.82, 2.24) is 14.5 Å². The van der Waals surface area contributed by atoms with Crippen molar-refractivity contribution >= 4 is 22.6 Å². The number of para-hydroxylation sites is 1. The predicted molar refractivity (Wildman–Crippen MR) is 90.9 cm³/mol. The minimum absolute atomic E-state index is 0.0324. The van der Waals surface area contributed by atoms with E-state index in [1.54, 1.807) is 23.2 Å². The molecule has 1 aromatic carbocycles. The molecule has 0 saturated carbocycles. The third kappa shape index (κ3) is 2.27. The number of fused-ring (bicyclic) bond motifs is 2. The van der Waals surface area contributed by atoms with Crippen LogP contribution in [0.1, 0.15) is 12.5 Å². The number of nitrogens with zero attached hydrogens (tertiary/aromatic N) is 4. The van der Waals surface area contributed by atoms with E-state index in [4.69, 9.17) is 0 Å². The normalized spacial score (nSPS) is 16.4. The summed E-state index contributed by atoms with van der Waals surface area (Å²) in [5.74, 6) is -0.111. The summed E-state index contributed by atoms with van der Waals surface area (Å²) >= 11 is 0. The number of rotatable bonds is 2. The largest absolute Gasteiger partial charge is 0.307 e. The molecule has 3 heterocycles. The molecule has 1 aliphatic heterocycles. The fourth-order valence-corrected chi connectivity index (χ4v) is 3.28. The molecule has 0 aliphatic carbocycles. The van der Waals surface area contributed by atoms with Gasteiger partial charge < -0.3 is 4.90 Å². The lowest BCUT2D eigenvalue weighted by Crippen LogP contribution is -2.40. The Kier molecular flexibility index (Phi) is 3.37. The Hall–Kier alpha value is -3.02. The summed E-state index contributed by atoms with van der Waals surface area (Å²) in [7, 11) is 0. The van der Waals surface area contributed by atoms with Gasteiger partial charge in [-0.1, -0.05) is 18.2 Å². The van der Waals surface area contributed by atoms with Gasteiger partial charge in [0.15, 0.2) is 5.65 Å². The van der Waals surface area contributed by atoms with Gasteiger partial charge in [-0.05, 0) is 37.1 Å². The predicted octanol–water partition coefficient (Wildman–Crippen LogP) is 1.77. The van der Waals surface area contributed by atoms with Crippen molar-refractivity contribution in [2.75, 3.05) is 4.90 Å². The molecular formula is C18H16N4O2. The molecular weight excluding hydrogens is 304 g/mol. The molecule has 120 valence electrons.